The average Bonchev–Trinajstić information content (AvgIpc) is 2.36. The lowest BCUT2D eigenvalue weighted by Crippen LogP contribution is -2.47. The first-order chi connectivity index (χ1) is 8.97. The predicted octanol–water partition coefficient (Wildman–Crippen LogP) is 1.05. The Bertz CT molecular complexity index is 275. The zero-order valence-corrected chi connectivity index (χ0v) is 15.8. The van der Waals surface area contributed by atoms with Crippen LogP contribution in [0.5, 0.6) is 0 Å². The van der Waals surface area contributed by atoms with Gasteiger partial charge in [0, 0.05) is 45.8 Å². The summed E-state index contributed by atoms with van der Waals surface area (Å²) in [4.78, 5) is 9.24. The number of hydrogen-bond acceptors (Lipinski definition) is 3. The molecular formula is C14H32IN5. The molecule has 0 bridgehead atoms. The van der Waals surface area contributed by atoms with Crippen LogP contribution in [0.1, 0.15) is 20.8 Å². The number of rotatable bonds is 6. The topological polar surface area (TPSA) is 56.9 Å². The Morgan fingerprint density at radius 3 is 2.35 bits per heavy atom. The molecule has 0 amide bonds. The van der Waals surface area contributed by atoms with Gasteiger partial charge < -0.3 is 20.9 Å². The number of guanidine groups is 1. The molecule has 1 unspecified atom stereocenters. The fourth-order valence-electron chi connectivity index (χ4n) is 2.15. The molecule has 1 aliphatic heterocycles. The monoisotopic (exact) mass is 397 g/mol. The second-order valence-electron chi connectivity index (χ2n) is 6.21. The lowest BCUT2D eigenvalue weighted by molar-refractivity contribution is 0.139. The molecular weight excluding hydrogens is 365 g/mol. The zero-order valence-electron chi connectivity index (χ0n) is 13.4. The highest BCUT2D eigenvalue weighted by Gasteiger charge is 2.15. The molecule has 1 fully saturated rings. The fraction of sp³-hybridized carbons (Fsp3) is 0.929. The van der Waals surface area contributed by atoms with E-state index in [2.05, 4.69) is 47.9 Å². The summed E-state index contributed by atoms with van der Waals surface area (Å²) in [5.74, 6) is 1.73. The van der Waals surface area contributed by atoms with Gasteiger partial charge in [-0.25, -0.2) is 0 Å². The fourth-order valence-corrected chi connectivity index (χ4v) is 2.15. The van der Waals surface area contributed by atoms with Crippen LogP contribution >= 0.6 is 24.0 Å². The highest BCUT2D eigenvalue weighted by molar-refractivity contribution is 14.0. The molecule has 5 nitrogen and oxygen atoms in total. The Kier molecular flexibility index (Phi) is 10.6. The smallest absolute Gasteiger partial charge is 0.188 e. The van der Waals surface area contributed by atoms with Gasteiger partial charge >= 0.3 is 0 Å². The van der Waals surface area contributed by atoms with Crippen molar-refractivity contribution in [1.29, 1.82) is 0 Å². The van der Waals surface area contributed by atoms with Crippen molar-refractivity contribution < 1.29 is 0 Å². The van der Waals surface area contributed by atoms with Gasteiger partial charge in [0.15, 0.2) is 5.96 Å². The molecule has 0 aromatic heterocycles. The first-order valence-electron chi connectivity index (χ1n) is 7.42. The van der Waals surface area contributed by atoms with Crippen molar-refractivity contribution in [3.8, 4) is 0 Å². The minimum Gasteiger partial charge on any atom is -0.370 e. The van der Waals surface area contributed by atoms with Crippen LogP contribution < -0.4 is 11.1 Å². The summed E-state index contributed by atoms with van der Waals surface area (Å²) in [5, 5.41) is 3.23. The van der Waals surface area contributed by atoms with Crippen LogP contribution in [0.25, 0.3) is 0 Å². The average molecular weight is 397 g/mol. The van der Waals surface area contributed by atoms with Gasteiger partial charge in [-0.1, -0.05) is 20.8 Å². The van der Waals surface area contributed by atoms with E-state index in [1.165, 1.54) is 26.2 Å². The van der Waals surface area contributed by atoms with Crippen molar-refractivity contribution in [3.63, 3.8) is 0 Å². The molecule has 0 aromatic rings. The Hall–Kier alpha value is -0.0800. The number of nitrogens with zero attached hydrogens (tertiary/aromatic N) is 3. The Morgan fingerprint density at radius 2 is 1.80 bits per heavy atom. The molecule has 0 aromatic carbocycles. The third-order valence-electron chi connectivity index (χ3n) is 3.42. The summed E-state index contributed by atoms with van der Waals surface area (Å²) in [7, 11) is 2.19. The van der Waals surface area contributed by atoms with Gasteiger partial charge in [0.1, 0.15) is 0 Å². The van der Waals surface area contributed by atoms with Crippen molar-refractivity contribution in [2.75, 3.05) is 52.9 Å². The second-order valence-corrected chi connectivity index (χ2v) is 6.21. The van der Waals surface area contributed by atoms with E-state index in [0.717, 1.165) is 19.6 Å². The Labute approximate surface area is 141 Å². The van der Waals surface area contributed by atoms with E-state index in [4.69, 9.17) is 5.73 Å². The third-order valence-corrected chi connectivity index (χ3v) is 3.42. The van der Waals surface area contributed by atoms with E-state index in [-0.39, 0.29) is 24.0 Å². The van der Waals surface area contributed by atoms with Crippen LogP contribution in [0.2, 0.25) is 0 Å². The molecule has 1 atom stereocenters. The van der Waals surface area contributed by atoms with E-state index in [0.29, 0.717) is 17.8 Å². The number of nitrogens with one attached hydrogen (secondary N) is 1. The van der Waals surface area contributed by atoms with Crippen molar-refractivity contribution in [2.24, 2.45) is 22.6 Å². The number of piperazine rings is 1. The van der Waals surface area contributed by atoms with Crippen LogP contribution in [0.4, 0.5) is 0 Å². The van der Waals surface area contributed by atoms with Gasteiger partial charge in [-0.2, -0.15) is 0 Å². The van der Waals surface area contributed by atoms with Gasteiger partial charge in [0.05, 0.1) is 0 Å². The SMILES string of the molecule is CC(C)CN=C(N)NCC(C)CN1CCN(C)CC1.I. The maximum Gasteiger partial charge on any atom is 0.188 e. The molecule has 1 rings (SSSR count). The molecule has 3 N–H and O–H groups in total. The van der Waals surface area contributed by atoms with E-state index in [1.807, 2.05) is 0 Å². The molecule has 1 saturated heterocycles. The lowest BCUT2D eigenvalue weighted by Gasteiger charge is -2.34. The summed E-state index contributed by atoms with van der Waals surface area (Å²) < 4.78 is 0. The van der Waals surface area contributed by atoms with Crippen LogP contribution in [-0.4, -0.2) is 68.6 Å². The molecule has 6 heteroatoms. The molecule has 0 saturated carbocycles. The van der Waals surface area contributed by atoms with Gasteiger partial charge in [-0.05, 0) is 18.9 Å². The summed E-state index contributed by atoms with van der Waals surface area (Å²) >= 11 is 0. The molecule has 0 aliphatic carbocycles. The molecule has 1 heterocycles. The largest absolute Gasteiger partial charge is 0.370 e. The molecule has 120 valence electrons. The minimum absolute atomic E-state index is 0. The maximum absolute atomic E-state index is 5.84. The Balaban J connectivity index is 0.00000361. The zero-order chi connectivity index (χ0) is 14.3. The first-order valence-corrected chi connectivity index (χ1v) is 7.42. The maximum atomic E-state index is 5.84. The molecule has 0 spiro atoms. The first kappa shape index (κ1) is 19.9. The summed E-state index contributed by atoms with van der Waals surface area (Å²) in [6, 6.07) is 0. The van der Waals surface area contributed by atoms with E-state index >= 15 is 0 Å². The van der Waals surface area contributed by atoms with Crippen molar-refractivity contribution in [3.05, 3.63) is 0 Å². The van der Waals surface area contributed by atoms with Crippen LogP contribution in [0.15, 0.2) is 4.99 Å². The van der Waals surface area contributed by atoms with Crippen LogP contribution in [0.3, 0.4) is 0 Å². The number of likely N-dealkylation sites (N-methyl/N-ethyl adjacent to an activating group) is 1. The van der Waals surface area contributed by atoms with E-state index < -0.39 is 0 Å². The highest BCUT2D eigenvalue weighted by Crippen LogP contribution is 2.03. The van der Waals surface area contributed by atoms with Crippen molar-refractivity contribution in [2.45, 2.75) is 20.8 Å². The van der Waals surface area contributed by atoms with E-state index in [9.17, 15) is 0 Å². The summed E-state index contributed by atoms with van der Waals surface area (Å²) in [6.07, 6.45) is 0. The third kappa shape index (κ3) is 8.97. The predicted molar refractivity (Wildman–Crippen MR) is 97.8 cm³/mol. The number of halogens is 1. The quantitative estimate of drug-likeness (QED) is 0.400. The highest BCUT2D eigenvalue weighted by atomic mass is 127. The lowest BCUT2D eigenvalue weighted by atomic mass is 10.1. The number of nitrogens with two attached hydrogens (primary N) is 1. The van der Waals surface area contributed by atoms with Crippen LogP contribution in [-0.2, 0) is 0 Å². The molecule has 1 aliphatic rings. The second kappa shape index (κ2) is 10.6. The summed E-state index contributed by atoms with van der Waals surface area (Å²) in [5.41, 5.74) is 5.84. The Morgan fingerprint density at radius 1 is 1.20 bits per heavy atom. The van der Waals surface area contributed by atoms with Gasteiger partial charge in [-0.3, -0.25) is 4.99 Å². The van der Waals surface area contributed by atoms with E-state index in [1.54, 1.807) is 0 Å². The van der Waals surface area contributed by atoms with Crippen LogP contribution in [0, 0.1) is 11.8 Å². The number of hydrogen-bond donors (Lipinski definition) is 2. The normalized spacial score (nSPS) is 19.8. The molecule has 20 heavy (non-hydrogen) atoms. The minimum atomic E-state index is 0. The number of aliphatic imine (C=N–C) groups is 1. The standard InChI is InChI=1S/C14H31N5.HI/c1-12(2)9-16-14(15)17-10-13(3)11-19-7-5-18(4)6-8-19;/h12-13H,5-11H2,1-4H3,(H3,15,16,17);1H. The van der Waals surface area contributed by atoms with Crippen molar-refractivity contribution >= 4 is 29.9 Å². The van der Waals surface area contributed by atoms with Gasteiger partial charge in [0.25, 0.3) is 0 Å². The van der Waals surface area contributed by atoms with Gasteiger partial charge in [-0.15, -0.1) is 24.0 Å². The molecule has 0 radical (unpaired) electrons. The van der Waals surface area contributed by atoms with Crippen molar-refractivity contribution in [1.82, 2.24) is 15.1 Å². The van der Waals surface area contributed by atoms with Gasteiger partial charge in [0.2, 0.25) is 0 Å². The summed E-state index contributed by atoms with van der Waals surface area (Å²) in [6.45, 7) is 14.1.